The summed E-state index contributed by atoms with van der Waals surface area (Å²) >= 11 is 0.0552. The Labute approximate surface area is 187 Å². The fourth-order valence-electron chi connectivity index (χ4n) is 3.28. The molecule has 4 aromatic rings. The number of benzene rings is 3. The molecular formula is C23H9F5N4S. The Bertz CT molecular complexity index is 1510. The number of nitrogens with two attached hydrogens (primary N) is 1. The van der Waals surface area contributed by atoms with Crippen LogP contribution in [0.5, 0.6) is 0 Å². The van der Waals surface area contributed by atoms with E-state index >= 15 is 0 Å². The molecule has 0 saturated heterocycles. The lowest BCUT2D eigenvalue weighted by molar-refractivity contribution is 0.361. The summed E-state index contributed by atoms with van der Waals surface area (Å²) in [4.78, 5) is 2.60. The minimum atomic E-state index is -2.31. The summed E-state index contributed by atoms with van der Waals surface area (Å²) < 4.78 is 69.2. The van der Waals surface area contributed by atoms with E-state index in [1.165, 1.54) is 0 Å². The molecular weight excluding hydrogens is 459 g/mol. The maximum atomic E-state index is 14.2. The Morgan fingerprint density at radius 2 is 1.33 bits per heavy atom. The van der Waals surface area contributed by atoms with Crippen molar-refractivity contribution < 1.29 is 22.0 Å². The molecule has 0 spiro atoms. The van der Waals surface area contributed by atoms with Gasteiger partial charge >= 0.3 is 0 Å². The first kappa shape index (κ1) is 22.1. The van der Waals surface area contributed by atoms with Gasteiger partial charge < -0.3 is 5.73 Å². The van der Waals surface area contributed by atoms with Crippen LogP contribution in [0.2, 0.25) is 0 Å². The Morgan fingerprint density at radius 3 is 1.94 bits per heavy atom. The Kier molecular flexibility index (Phi) is 5.62. The predicted octanol–water partition coefficient (Wildman–Crippen LogP) is 6.07. The molecule has 0 radical (unpaired) electrons. The molecule has 0 saturated carbocycles. The summed E-state index contributed by atoms with van der Waals surface area (Å²) in [6.45, 7) is 0. The lowest BCUT2D eigenvalue weighted by Crippen LogP contribution is -2.06. The van der Waals surface area contributed by atoms with E-state index < -0.39 is 39.0 Å². The Hall–Kier alpha value is -4.15. The number of halogens is 5. The summed E-state index contributed by atoms with van der Waals surface area (Å²) in [6.07, 6.45) is 0. The van der Waals surface area contributed by atoms with Gasteiger partial charge in [0.2, 0.25) is 5.82 Å². The third-order valence-electron chi connectivity index (χ3n) is 4.82. The zero-order valence-corrected chi connectivity index (χ0v) is 17.1. The molecule has 2 N–H and O–H groups in total. The molecule has 162 valence electrons. The molecule has 0 fully saturated rings. The molecule has 0 aliphatic heterocycles. The second-order valence-corrected chi connectivity index (χ2v) is 7.71. The number of nitrogens with zero attached hydrogens (tertiary/aromatic N) is 3. The molecule has 1 heterocycles. The van der Waals surface area contributed by atoms with Gasteiger partial charge in [0, 0.05) is 5.56 Å². The smallest absolute Gasteiger partial charge is 0.200 e. The lowest BCUT2D eigenvalue weighted by Gasteiger charge is -2.14. The van der Waals surface area contributed by atoms with Gasteiger partial charge in [0.05, 0.1) is 10.5 Å². The fraction of sp³-hybridized carbons (Fsp3) is 0. The summed E-state index contributed by atoms with van der Waals surface area (Å²) in [5, 5.41) is 20.7. The molecule has 0 amide bonds. The van der Waals surface area contributed by atoms with Gasteiger partial charge in [-0.3, -0.25) is 0 Å². The van der Waals surface area contributed by atoms with E-state index in [1.807, 2.05) is 24.3 Å². The van der Waals surface area contributed by atoms with Gasteiger partial charge in [-0.25, -0.2) is 26.9 Å². The third-order valence-corrected chi connectivity index (χ3v) is 5.87. The summed E-state index contributed by atoms with van der Waals surface area (Å²) in [5.74, 6) is -11.1. The maximum Gasteiger partial charge on any atom is 0.200 e. The summed E-state index contributed by atoms with van der Waals surface area (Å²) in [5.41, 5.74) is 5.82. The minimum absolute atomic E-state index is 0.0321. The number of aromatic nitrogens is 1. The summed E-state index contributed by atoms with van der Waals surface area (Å²) in [6, 6.07) is 16.0. The van der Waals surface area contributed by atoms with Crippen molar-refractivity contribution in [2.24, 2.45) is 0 Å². The number of anilines is 1. The topological polar surface area (TPSA) is 86.5 Å². The van der Waals surface area contributed by atoms with Crippen LogP contribution in [0.4, 0.5) is 27.8 Å². The number of rotatable bonds is 3. The predicted molar refractivity (Wildman–Crippen MR) is 111 cm³/mol. The molecule has 0 unspecified atom stereocenters. The molecule has 0 atom stereocenters. The van der Waals surface area contributed by atoms with Crippen molar-refractivity contribution in [3.63, 3.8) is 0 Å². The normalized spacial score (nSPS) is 10.8. The van der Waals surface area contributed by atoms with Gasteiger partial charge in [-0.05, 0) is 22.4 Å². The van der Waals surface area contributed by atoms with Crippen LogP contribution >= 0.6 is 11.8 Å². The number of hydrogen-bond donors (Lipinski definition) is 1. The van der Waals surface area contributed by atoms with Crippen molar-refractivity contribution in [1.82, 2.24) is 4.98 Å². The van der Waals surface area contributed by atoms with E-state index in [9.17, 15) is 32.5 Å². The first-order chi connectivity index (χ1) is 15.8. The van der Waals surface area contributed by atoms with Crippen LogP contribution in [-0.4, -0.2) is 4.98 Å². The molecule has 3 aromatic carbocycles. The second kappa shape index (κ2) is 8.41. The highest BCUT2D eigenvalue weighted by atomic mass is 32.2. The highest BCUT2D eigenvalue weighted by Gasteiger charge is 2.29. The first-order valence-corrected chi connectivity index (χ1v) is 9.92. The maximum absolute atomic E-state index is 14.2. The zero-order valence-electron chi connectivity index (χ0n) is 16.3. The van der Waals surface area contributed by atoms with Crippen LogP contribution in [0.1, 0.15) is 11.1 Å². The lowest BCUT2D eigenvalue weighted by atomic mass is 9.95. The minimum Gasteiger partial charge on any atom is -0.383 e. The van der Waals surface area contributed by atoms with Crippen LogP contribution in [0.25, 0.3) is 21.9 Å². The van der Waals surface area contributed by atoms with E-state index in [1.54, 1.807) is 30.3 Å². The van der Waals surface area contributed by atoms with Gasteiger partial charge in [0.1, 0.15) is 28.5 Å². The number of nitrogen functional groups attached to an aromatic ring is 1. The van der Waals surface area contributed by atoms with Gasteiger partial charge in [0.15, 0.2) is 23.3 Å². The van der Waals surface area contributed by atoms with Gasteiger partial charge in [0.25, 0.3) is 0 Å². The van der Waals surface area contributed by atoms with Gasteiger partial charge in [-0.2, -0.15) is 10.5 Å². The van der Waals surface area contributed by atoms with Crippen molar-refractivity contribution in [2.45, 2.75) is 9.92 Å². The van der Waals surface area contributed by atoms with Crippen molar-refractivity contribution in [1.29, 1.82) is 10.5 Å². The number of pyridine rings is 1. The largest absolute Gasteiger partial charge is 0.383 e. The van der Waals surface area contributed by atoms with E-state index in [4.69, 9.17) is 5.73 Å². The Morgan fingerprint density at radius 1 is 0.758 bits per heavy atom. The molecule has 1 aromatic heterocycles. The van der Waals surface area contributed by atoms with E-state index in [-0.39, 0.29) is 34.3 Å². The molecule has 33 heavy (non-hydrogen) atoms. The van der Waals surface area contributed by atoms with Crippen LogP contribution in [0.15, 0.2) is 52.4 Å². The van der Waals surface area contributed by atoms with Crippen LogP contribution < -0.4 is 5.73 Å². The van der Waals surface area contributed by atoms with Crippen molar-refractivity contribution in [3.05, 3.63) is 82.7 Å². The highest BCUT2D eigenvalue weighted by Crippen LogP contribution is 2.41. The van der Waals surface area contributed by atoms with E-state index in [0.29, 0.717) is 5.56 Å². The Balaban J connectivity index is 1.99. The average Bonchev–Trinajstić information content (AvgIpc) is 2.83. The van der Waals surface area contributed by atoms with Gasteiger partial charge in [-0.15, -0.1) is 0 Å². The molecule has 0 bridgehead atoms. The number of fused-ring (bicyclic) bond motifs is 1. The molecule has 4 rings (SSSR count). The molecule has 4 nitrogen and oxygen atoms in total. The third kappa shape index (κ3) is 3.60. The quantitative estimate of drug-likeness (QED) is 0.224. The van der Waals surface area contributed by atoms with Crippen molar-refractivity contribution >= 4 is 28.4 Å². The first-order valence-electron chi connectivity index (χ1n) is 9.10. The van der Waals surface area contributed by atoms with Crippen molar-refractivity contribution in [3.8, 4) is 23.3 Å². The molecule has 0 aliphatic rings. The monoisotopic (exact) mass is 468 g/mol. The average molecular weight is 468 g/mol. The molecule has 0 aliphatic carbocycles. The number of nitriles is 2. The summed E-state index contributed by atoms with van der Waals surface area (Å²) in [7, 11) is 0. The zero-order chi connectivity index (χ0) is 23.9. The molecule has 10 heteroatoms. The fourth-order valence-corrected chi connectivity index (χ4v) is 4.22. The number of hydrogen-bond acceptors (Lipinski definition) is 5. The van der Waals surface area contributed by atoms with Crippen LogP contribution in [-0.2, 0) is 0 Å². The van der Waals surface area contributed by atoms with E-state index in [2.05, 4.69) is 4.98 Å². The van der Waals surface area contributed by atoms with E-state index in [0.717, 1.165) is 10.8 Å². The van der Waals surface area contributed by atoms with Crippen molar-refractivity contribution in [2.75, 3.05) is 5.73 Å². The second-order valence-electron chi connectivity index (χ2n) is 6.71. The van der Waals surface area contributed by atoms with Crippen LogP contribution in [0, 0.1) is 51.7 Å². The standard InChI is InChI=1S/C23H9F5N4S/c24-16-17(25)19(27)21(20(28)18(16)26)33-23-14(9-30)15(13(8-29)22(31)32-23)12-6-5-10-3-1-2-4-11(10)7-12/h1-7H,(H2,31,32). The highest BCUT2D eigenvalue weighted by molar-refractivity contribution is 7.99. The SMILES string of the molecule is N#Cc1c(N)nc(Sc2c(F)c(F)c(F)c(F)c2F)c(C#N)c1-c1ccc2ccccc2c1. The van der Waals surface area contributed by atoms with Crippen LogP contribution in [0.3, 0.4) is 0 Å². The van der Waals surface area contributed by atoms with Gasteiger partial charge in [-0.1, -0.05) is 48.2 Å².